The van der Waals surface area contributed by atoms with Gasteiger partial charge in [-0.15, -0.1) is 0 Å². The van der Waals surface area contributed by atoms with Gasteiger partial charge in [0.2, 0.25) is 0 Å². The summed E-state index contributed by atoms with van der Waals surface area (Å²) in [6.45, 7) is 1.89. The second kappa shape index (κ2) is 19.4. The van der Waals surface area contributed by atoms with E-state index < -0.39 is 53.0 Å². The normalized spacial score (nSPS) is 19.6. The summed E-state index contributed by atoms with van der Waals surface area (Å²) in [6, 6.07) is 17.0. The van der Waals surface area contributed by atoms with Gasteiger partial charge in [0.1, 0.15) is 0 Å². The lowest BCUT2D eigenvalue weighted by molar-refractivity contribution is -0.165. The molecule has 2 unspecified atom stereocenters. The minimum Gasteiger partial charge on any atom is -0.466 e. The molecule has 8 amide bonds. The predicted octanol–water partition coefficient (Wildman–Crippen LogP) is 10.2. The molecule has 2 fully saturated rings. The highest BCUT2D eigenvalue weighted by Crippen LogP contribution is 2.51. The van der Waals surface area contributed by atoms with Crippen LogP contribution in [0.5, 0.6) is 0 Å². The maximum Gasteiger partial charge on any atom is 0.416 e. The van der Waals surface area contributed by atoms with E-state index in [9.17, 15) is 50.3 Å². The highest BCUT2D eigenvalue weighted by molar-refractivity contribution is 6.05. The molecule has 0 heterocycles. The number of para-hydroxylation sites is 4. The summed E-state index contributed by atoms with van der Waals surface area (Å²) in [5, 5.41) is 21.4. The summed E-state index contributed by atoms with van der Waals surface area (Å²) in [7, 11) is 0. The van der Waals surface area contributed by atoms with Crippen molar-refractivity contribution in [3.05, 3.63) is 108 Å². The lowest BCUT2D eigenvalue weighted by Gasteiger charge is -2.49. The molecule has 2 saturated carbocycles. The SMILES string of the molecule is CCOC(=O)C12CC[C@@H](NC(=O)Nc3ccccc3NC(=O)Nc3ccc(C(F)(F)F)cc3)CC1C[C@@H](NC(=O)Nc1ccccc1NC(=O)Nc1ccc(C(F)(F)F)cc1)CC2. The Morgan fingerprint density at radius 2 is 0.889 bits per heavy atom. The summed E-state index contributed by atoms with van der Waals surface area (Å²) in [5.41, 5.74) is -1.46. The number of fused-ring (bicyclic) bond motifs is 1. The van der Waals surface area contributed by atoms with E-state index in [1.165, 1.54) is 12.1 Å². The number of carbonyl (C=O) groups is 5. The number of benzene rings is 4. The number of alkyl halides is 6. The average Bonchev–Trinajstić information content (AvgIpc) is 3.22. The van der Waals surface area contributed by atoms with Gasteiger partial charge in [0, 0.05) is 23.5 Å². The Kier molecular flexibility index (Phi) is 14.0. The highest BCUT2D eigenvalue weighted by Gasteiger charge is 2.53. The molecule has 4 aromatic rings. The van der Waals surface area contributed by atoms with Gasteiger partial charge in [-0.1, -0.05) is 24.3 Å². The maximum atomic E-state index is 13.5. The second-order valence-corrected chi connectivity index (χ2v) is 15.1. The van der Waals surface area contributed by atoms with Gasteiger partial charge in [-0.05, 0) is 124 Å². The Hall–Kier alpha value is -6.99. The minimum atomic E-state index is -4.53. The quantitative estimate of drug-likeness (QED) is 0.0577. The standard InChI is InChI=1S/C43H44F6N8O6/c1-2-63-36(58)41-21-19-30(52-39(61)56-34-9-5-3-7-32(34)54-37(59)50-28-15-11-25(12-16-28)42(44,45)46)23-27(41)24-31(20-22-41)53-40(62)57-35-10-6-4-8-33(35)55-38(60)51-29-17-13-26(14-18-29)43(47,48)49/h3-18,27,30-31H,2,19-24H2,1H3,(H2,50,54,59)(H2,51,55,60)(H2,52,56,61)(H2,53,57,62)/t27?,30-,31+,41?. The highest BCUT2D eigenvalue weighted by atomic mass is 19.4. The van der Waals surface area contributed by atoms with Gasteiger partial charge < -0.3 is 47.3 Å². The van der Waals surface area contributed by atoms with E-state index in [1.54, 1.807) is 43.3 Å². The molecule has 2 aliphatic carbocycles. The van der Waals surface area contributed by atoms with Gasteiger partial charge in [-0.3, -0.25) is 4.79 Å². The fourth-order valence-electron chi connectivity index (χ4n) is 7.92. The maximum absolute atomic E-state index is 13.5. The van der Waals surface area contributed by atoms with Crippen LogP contribution in [-0.2, 0) is 21.9 Å². The van der Waals surface area contributed by atoms with Crippen LogP contribution in [0.15, 0.2) is 97.1 Å². The summed E-state index contributed by atoms with van der Waals surface area (Å²) in [5.74, 6) is -0.648. The molecule has 0 saturated heterocycles. The van der Waals surface area contributed by atoms with Crippen molar-refractivity contribution >= 4 is 64.2 Å². The smallest absolute Gasteiger partial charge is 0.416 e. The van der Waals surface area contributed by atoms with Gasteiger partial charge in [-0.2, -0.15) is 26.3 Å². The molecule has 14 nitrogen and oxygen atoms in total. The largest absolute Gasteiger partial charge is 0.466 e. The van der Waals surface area contributed by atoms with Crippen LogP contribution in [0.25, 0.3) is 0 Å². The number of carbonyl (C=O) groups excluding carboxylic acids is 5. The van der Waals surface area contributed by atoms with Crippen LogP contribution in [0.4, 0.5) is 79.6 Å². The van der Waals surface area contributed by atoms with Crippen LogP contribution < -0.4 is 42.5 Å². The molecule has 8 N–H and O–H groups in total. The summed E-state index contributed by atoms with van der Waals surface area (Å²) in [4.78, 5) is 65.6. The number of esters is 1. The number of ether oxygens (including phenoxy) is 1. The van der Waals surface area contributed by atoms with Gasteiger partial charge in [-0.25, -0.2) is 19.2 Å². The second-order valence-electron chi connectivity index (χ2n) is 15.1. The van der Waals surface area contributed by atoms with Crippen molar-refractivity contribution in [3.8, 4) is 0 Å². The Morgan fingerprint density at radius 3 is 1.22 bits per heavy atom. The van der Waals surface area contributed by atoms with Crippen LogP contribution in [0.1, 0.15) is 56.6 Å². The van der Waals surface area contributed by atoms with Crippen molar-refractivity contribution in [2.24, 2.45) is 11.3 Å². The number of hydrogen-bond acceptors (Lipinski definition) is 6. The first-order valence-corrected chi connectivity index (χ1v) is 19.9. The van der Waals surface area contributed by atoms with Gasteiger partial charge in [0.05, 0.1) is 45.9 Å². The van der Waals surface area contributed by atoms with E-state index in [2.05, 4.69) is 42.5 Å². The first kappa shape index (κ1) is 45.5. The molecule has 334 valence electrons. The van der Waals surface area contributed by atoms with Crippen LogP contribution in [0, 0.1) is 11.3 Å². The number of anilines is 6. The predicted molar refractivity (Wildman–Crippen MR) is 223 cm³/mol. The molecule has 0 spiro atoms. The molecule has 0 aliphatic heterocycles. The van der Waals surface area contributed by atoms with Gasteiger partial charge in [0.15, 0.2) is 0 Å². The molecule has 63 heavy (non-hydrogen) atoms. The molecular formula is C43H44F6N8O6. The molecule has 0 radical (unpaired) electrons. The van der Waals surface area contributed by atoms with Crippen molar-refractivity contribution in [3.63, 3.8) is 0 Å². The molecule has 2 aliphatic rings. The molecule has 4 aromatic carbocycles. The van der Waals surface area contributed by atoms with E-state index >= 15 is 0 Å². The third-order valence-electron chi connectivity index (χ3n) is 10.9. The minimum absolute atomic E-state index is 0.115. The zero-order chi connectivity index (χ0) is 45.4. The molecule has 20 heteroatoms. The van der Waals surface area contributed by atoms with Crippen molar-refractivity contribution in [2.75, 3.05) is 38.5 Å². The monoisotopic (exact) mass is 882 g/mol. The van der Waals surface area contributed by atoms with E-state index in [4.69, 9.17) is 4.74 Å². The Morgan fingerprint density at radius 1 is 0.540 bits per heavy atom. The van der Waals surface area contributed by atoms with Crippen molar-refractivity contribution < 1.29 is 55.1 Å². The summed E-state index contributed by atoms with van der Waals surface area (Å²) < 4.78 is 83.2. The van der Waals surface area contributed by atoms with Gasteiger partial charge >= 0.3 is 42.4 Å². The zero-order valence-corrected chi connectivity index (χ0v) is 33.6. The zero-order valence-electron chi connectivity index (χ0n) is 33.6. The molecule has 6 rings (SSSR count). The molecular weight excluding hydrogens is 839 g/mol. The number of amides is 8. The fraction of sp³-hybridized carbons (Fsp3) is 0.326. The van der Waals surface area contributed by atoms with Crippen molar-refractivity contribution in [2.45, 2.75) is 69.9 Å². The van der Waals surface area contributed by atoms with Crippen LogP contribution in [0.3, 0.4) is 0 Å². The van der Waals surface area contributed by atoms with Crippen LogP contribution >= 0.6 is 0 Å². The topological polar surface area (TPSA) is 191 Å². The lowest BCUT2D eigenvalue weighted by Crippen LogP contribution is -2.55. The molecule has 0 bridgehead atoms. The van der Waals surface area contributed by atoms with E-state index in [0.29, 0.717) is 38.5 Å². The third kappa shape index (κ3) is 11.9. The van der Waals surface area contributed by atoms with Crippen molar-refractivity contribution in [1.82, 2.24) is 10.6 Å². The first-order chi connectivity index (χ1) is 29.9. The van der Waals surface area contributed by atoms with Crippen LogP contribution in [0.2, 0.25) is 0 Å². The van der Waals surface area contributed by atoms with E-state index in [-0.39, 0.29) is 64.7 Å². The third-order valence-corrected chi connectivity index (χ3v) is 10.9. The Balaban J connectivity index is 1.04. The number of urea groups is 4. The summed E-state index contributed by atoms with van der Waals surface area (Å²) >= 11 is 0. The number of nitrogens with one attached hydrogen (secondary N) is 8. The fourth-order valence-corrected chi connectivity index (χ4v) is 7.92. The van der Waals surface area contributed by atoms with Gasteiger partial charge in [0.25, 0.3) is 0 Å². The van der Waals surface area contributed by atoms with Crippen LogP contribution in [-0.4, -0.2) is 48.8 Å². The Labute approximate surface area is 357 Å². The number of hydrogen-bond donors (Lipinski definition) is 8. The molecule has 4 atom stereocenters. The summed E-state index contributed by atoms with van der Waals surface area (Å²) in [6.07, 6.45) is -6.58. The Bertz CT molecular complexity index is 2140. The molecule has 0 aromatic heterocycles. The number of halogens is 6. The first-order valence-electron chi connectivity index (χ1n) is 19.9. The van der Waals surface area contributed by atoms with E-state index in [0.717, 1.165) is 48.5 Å². The van der Waals surface area contributed by atoms with Crippen molar-refractivity contribution in [1.29, 1.82) is 0 Å². The lowest BCUT2D eigenvalue weighted by atomic mass is 9.57. The number of rotatable bonds is 10. The van der Waals surface area contributed by atoms with E-state index in [1.807, 2.05) is 0 Å². The average molecular weight is 883 g/mol.